The maximum atomic E-state index is 10.7. The maximum absolute atomic E-state index is 10.7. The minimum Gasteiger partial charge on any atom is -0.211 e. The molecule has 0 aromatic heterocycles. The highest BCUT2D eigenvalue weighted by atomic mass is 16.1. The summed E-state index contributed by atoms with van der Waals surface area (Å²) in [5.41, 5.74) is 0. The Kier molecular flexibility index (Phi) is 11.4. The Morgan fingerprint density at radius 2 is 1.61 bits per heavy atom. The van der Waals surface area contributed by atoms with Crippen molar-refractivity contribution in [1.82, 2.24) is 0 Å². The molecule has 0 N–H and O–H groups in total. The second-order valence-electron chi connectivity index (χ2n) is 6.92. The topological polar surface area (TPSA) is 58.9 Å². The number of aliphatic imine (C=N–C) groups is 2. The van der Waals surface area contributed by atoms with E-state index in [1.165, 1.54) is 51.4 Å². The Morgan fingerprint density at radius 1 is 0.913 bits per heavy atom. The van der Waals surface area contributed by atoms with E-state index in [1.54, 1.807) is 12.2 Å². The highest BCUT2D eigenvalue weighted by Crippen LogP contribution is 2.34. The van der Waals surface area contributed by atoms with Gasteiger partial charge in [-0.1, -0.05) is 58.3 Å². The van der Waals surface area contributed by atoms with E-state index in [9.17, 15) is 9.59 Å². The smallest absolute Gasteiger partial charge is 0.211 e. The molecular formula is C19H32N2O2. The summed E-state index contributed by atoms with van der Waals surface area (Å²) in [4.78, 5) is 28.6. The van der Waals surface area contributed by atoms with Gasteiger partial charge in [0.2, 0.25) is 12.2 Å². The second kappa shape index (κ2) is 13.2. The van der Waals surface area contributed by atoms with Crippen LogP contribution in [0.5, 0.6) is 0 Å². The normalized spacial score (nSPS) is 23.8. The summed E-state index contributed by atoms with van der Waals surface area (Å²) in [6.07, 6.45) is 18.2. The van der Waals surface area contributed by atoms with E-state index in [4.69, 9.17) is 0 Å². The zero-order valence-corrected chi connectivity index (χ0v) is 14.6. The maximum Gasteiger partial charge on any atom is 0.235 e. The van der Waals surface area contributed by atoms with E-state index in [0.717, 1.165) is 25.7 Å². The monoisotopic (exact) mass is 320 g/mol. The Morgan fingerprint density at radius 3 is 2.26 bits per heavy atom. The molecule has 4 nitrogen and oxygen atoms in total. The first-order chi connectivity index (χ1) is 11.3. The third-order valence-corrected chi connectivity index (χ3v) is 5.13. The van der Waals surface area contributed by atoms with Crippen LogP contribution in [0.1, 0.15) is 84.0 Å². The minimum absolute atomic E-state index is 0.0812. The van der Waals surface area contributed by atoms with Crippen molar-refractivity contribution in [2.24, 2.45) is 21.8 Å². The molecule has 0 spiro atoms. The van der Waals surface area contributed by atoms with Crippen molar-refractivity contribution in [2.45, 2.75) is 90.0 Å². The van der Waals surface area contributed by atoms with Gasteiger partial charge in [-0.05, 0) is 37.5 Å². The largest absolute Gasteiger partial charge is 0.235 e. The first-order valence-electron chi connectivity index (χ1n) is 9.42. The summed E-state index contributed by atoms with van der Waals surface area (Å²) in [5.74, 6) is 0.876. The Balaban J connectivity index is 2.21. The molecule has 1 saturated carbocycles. The molecular weight excluding hydrogens is 288 g/mol. The van der Waals surface area contributed by atoms with Crippen LogP contribution in [-0.2, 0) is 9.59 Å². The summed E-state index contributed by atoms with van der Waals surface area (Å²) < 4.78 is 0. The van der Waals surface area contributed by atoms with Gasteiger partial charge in [0.1, 0.15) is 0 Å². The summed E-state index contributed by atoms with van der Waals surface area (Å²) in [7, 11) is 0. The number of hydrogen-bond donors (Lipinski definition) is 0. The molecule has 3 atom stereocenters. The van der Waals surface area contributed by atoms with Crippen molar-refractivity contribution >= 4 is 12.2 Å². The SMILES string of the molecule is CCCCCCCCCCC1CCC(CN=C=O)CC1N=C=O. The molecule has 0 saturated heterocycles. The lowest BCUT2D eigenvalue weighted by atomic mass is 9.76. The van der Waals surface area contributed by atoms with Gasteiger partial charge >= 0.3 is 0 Å². The van der Waals surface area contributed by atoms with Gasteiger partial charge in [0.25, 0.3) is 0 Å². The van der Waals surface area contributed by atoms with Gasteiger partial charge in [-0.15, -0.1) is 0 Å². The molecule has 4 heteroatoms. The molecule has 1 rings (SSSR count). The summed E-state index contributed by atoms with van der Waals surface area (Å²) >= 11 is 0. The molecule has 0 amide bonds. The van der Waals surface area contributed by atoms with Gasteiger partial charge in [-0.3, -0.25) is 0 Å². The van der Waals surface area contributed by atoms with Crippen LogP contribution in [0, 0.1) is 11.8 Å². The molecule has 0 bridgehead atoms. The van der Waals surface area contributed by atoms with E-state index in [-0.39, 0.29) is 6.04 Å². The van der Waals surface area contributed by atoms with Crippen molar-refractivity contribution in [3.8, 4) is 0 Å². The van der Waals surface area contributed by atoms with E-state index in [0.29, 0.717) is 18.4 Å². The van der Waals surface area contributed by atoms with E-state index >= 15 is 0 Å². The fourth-order valence-electron chi connectivity index (χ4n) is 3.73. The molecule has 0 aliphatic heterocycles. The molecule has 23 heavy (non-hydrogen) atoms. The second-order valence-corrected chi connectivity index (χ2v) is 6.92. The van der Waals surface area contributed by atoms with E-state index < -0.39 is 0 Å². The Bertz CT molecular complexity index is 398. The fourth-order valence-corrected chi connectivity index (χ4v) is 3.73. The van der Waals surface area contributed by atoms with Gasteiger partial charge in [0, 0.05) is 0 Å². The van der Waals surface area contributed by atoms with E-state index in [1.807, 2.05) is 0 Å². The number of nitrogens with zero attached hydrogens (tertiary/aromatic N) is 2. The quantitative estimate of drug-likeness (QED) is 0.289. The number of unbranched alkanes of at least 4 members (excludes halogenated alkanes) is 7. The van der Waals surface area contributed by atoms with Crippen molar-refractivity contribution < 1.29 is 9.59 Å². The van der Waals surface area contributed by atoms with E-state index in [2.05, 4.69) is 16.9 Å². The summed E-state index contributed by atoms with van der Waals surface area (Å²) in [5, 5.41) is 0. The average Bonchev–Trinajstić information content (AvgIpc) is 2.57. The zero-order chi connectivity index (χ0) is 16.8. The van der Waals surface area contributed by atoms with Crippen LogP contribution in [0.2, 0.25) is 0 Å². The molecule has 1 aliphatic rings. The van der Waals surface area contributed by atoms with Crippen molar-refractivity contribution in [2.75, 3.05) is 6.54 Å². The van der Waals surface area contributed by atoms with Crippen molar-refractivity contribution in [3.63, 3.8) is 0 Å². The molecule has 130 valence electrons. The molecule has 0 radical (unpaired) electrons. The number of isocyanates is 2. The molecule has 1 fully saturated rings. The van der Waals surface area contributed by atoms with Crippen LogP contribution in [0.4, 0.5) is 0 Å². The molecule has 3 unspecified atom stereocenters. The zero-order valence-electron chi connectivity index (χ0n) is 14.6. The highest BCUT2D eigenvalue weighted by Gasteiger charge is 2.29. The standard InChI is InChI=1S/C19H32N2O2/c1-2-3-4-5-6-7-8-9-10-18-12-11-17(14-20-15-22)13-19(18)21-16-23/h17-19H,2-14H2,1H3. The first-order valence-corrected chi connectivity index (χ1v) is 9.42. The lowest BCUT2D eigenvalue weighted by Gasteiger charge is -2.32. The fraction of sp³-hybridized carbons (Fsp3) is 0.895. The van der Waals surface area contributed by atoms with Crippen LogP contribution in [0.25, 0.3) is 0 Å². The van der Waals surface area contributed by atoms with Gasteiger partial charge in [-0.25, -0.2) is 19.6 Å². The number of hydrogen-bond acceptors (Lipinski definition) is 4. The minimum atomic E-state index is 0.0812. The van der Waals surface area contributed by atoms with Crippen LogP contribution in [0.15, 0.2) is 9.98 Å². The predicted molar refractivity (Wildman–Crippen MR) is 93.0 cm³/mol. The molecule has 0 aromatic rings. The van der Waals surface area contributed by atoms with Crippen LogP contribution in [-0.4, -0.2) is 24.7 Å². The highest BCUT2D eigenvalue weighted by molar-refractivity contribution is 5.34. The molecule has 0 aromatic carbocycles. The number of rotatable bonds is 12. The molecule has 0 heterocycles. The van der Waals surface area contributed by atoms with Crippen LogP contribution in [0.3, 0.4) is 0 Å². The third kappa shape index (κ3) is 8.83. The average molecular weight is 320 g/mol. The first kappa shape index (κ1) is 19.8. The predicted octanol–water partition coefficient (Wildman–Crippen LogP) is 4.97. The van der Waals surface area contributed by atoms with Gasteiger partial charge in [-0.2, -0.15) is 0 Å². The Labute approximate surface area is 140 Å². The lowest BCUT2D eigenvalue weighted by Crippen LogP contribution is -2.29. The van der Waals surface area contributed by atoms with Crippen molar-refractivity contribution in [3.05, 3.63) is 0 Å². The lowest BCUT2D eigenvalue weighted by molar-refractivity contribution is 0.227. The van der Waals surface area contributed by atoms with Crippen LogP contribution >= 0.6 is 0 Å². The van der Waals surface area contributed by atoms with Crippen LogP contribution < -0.4 is 0 Å². The van der Waals surface area contributed by atoms with Gasteiger partial charge in [0.05, 0.1) is 12.6 Å². The van der Waals surface area contributed by atoms with Crippen molar-refractivity contribution in [1.29, 1.82) is 0 Å². The number of carbonyl (C=O) groups excluding carboxylic acids is 2. The summed E-state index contributed by atoms with van der Waals surface area (Å²) in [6.45, 7) is 2.77. The molecule has 1 aliphatic carbocycles. The summed E-state index contributed by atoms with van der Waals surface area (Å²) in [6, 6.07) is 0.0812. The van der Waals surface area contributed by atoms with Gasteiger partial charge < -0.3 is 0 Å². The third-order valence-electron chi connectivity index (χ3n) is 5.13. The Hall–Kier alpha value is -1.24. The van der Waals surface area contributed by atoms with Gasteiger partial charge in [0.15, 0.2) is 0 Å².